The zero-order chi connectivity index (χ0) is 21.6. The average Bonchev–Trinajstić information content (AvgIpc) is 2.89. The number of benzene rings is 2. The van der Waals surface area contributed by atoms with Gasteiger partial charge in [-0.25, -0.2) is 17.2 Å². The molecule has 0 saturated heterocycles. The summed E-state index contributed by atoms with van der Waals surface area (Å²) in [4.78, 5) is 0. The van der Waals surface area contributed by atoms with Crippen molar-refractivity contribution >= 4 is 31.8 Å². The van der Waals surface area contributed by atoms with Gasteiger partial charge in [0.1, 0.15) is 11.6 Å². The summed E-state index contributed by atoms with van der Waals surface area (Å²) in [7, 11) is -3.49. The van der Waals surface area contributed by atoms with Crippen LogP contribution in [0.1, 0.15) is 26.2 Å². The Kier molecular flexibility index (Phi) is 5.59. The molecule has 1 aliphatic carbocycles. The molecule has 0 spiro atoms. The number of hydrogen-bond donors (Lipinski definition) is 1. The van der Waals surface area contributed by atoms with Crippen LogP contribution in [0.25, 0.3) is 21.8 Å². The highest BCUT2D eigenvalue weighted by atomic mass is 32.2. The Bertz CT molecular complexity index is 1130. The number of sulfonamides is 1. The molecule has 0 amide bonds. The van der Waals surface area contributed by atoms with Crippen molar-refractivity contribution in [2.24, 2.45) is 5.92 Å². The molecule has 30 heavy (non-hydrogen) atoms. The lowest BCUT2D eigenvalue weighted by molar-refractivity contribution is 0.0946. The molecule has 1 aliphatic rings. The highest BCUT2D eigenvalue weighted by molar-refractivity contribution is 7.88. The van der Waals surface area contributed by atoms with Gasteiger partial charge in [-0.15, -0.1) is 0 Å². The van der Waals surface area contributed by atoms with Gasteiger partial charge < -0.3 is 9.67 Å². The lowest BCUT2D eigenvalue weighted by Gasteiger charge is -2.38. The predicted octanol–water partition coefficient (Wildman–Crippen LogP) is 3.88. The van der Waals surface area contributed by atoms with Crippen LogP contribution in [0.4, 0.5) is 8.78 Å². The fourth-order valence-corrected chi connectivity index (χ4v) is 5.70. The molecule has 2 aromatic carbocycles. The van der Waals surface area contributed by atoms with Crippen molar-refractivity contribution in [3.05, 3.63) is 48.0 Å². The van der Waals surface area contributed by atoms with Crippen LogP contribution >= 0.6 is 0 Å². The largest absolute Gasteiger partial charge is 0.390 e. The number of hydrogen-bond acceptors (Lipinski definition) is 3. The summed E-state index contributed by atoms with van der Waals surface area (Å²) in [6.45, 7) is 1.98. The molecule has 1 fully saturated rings. The van der Waals surface area contributed by atoms with Gasteiger partial charge in [0.25, 0.3) is 0 Å². The maximum absolute atomic E-state index is 13.8. The van der Waals surface area contributed by atoms with Crippen molar-refractivity contribution in [1.29, 1.82) is 0 Å². The van der Waals surface area contributed by atoms with E-state index in [0.717, 1.165) is 19.3 Å². The Labute approximate surface area is 175 Å². The fraction of sp³-hybridized carbons (Fsp3) is 0.455. The maximum atomic E-state index is 13.8. The maximum Gasteiger partial charge on any atom is 0.211 e. The van der Waals surface area contributed by atoms with Gasteiger partial charge in [0.2, 0.25) is 10.0 Å². The van der Waals surface area contributed by atoms with Gasteiger partial charge in [-0.2, -0.15) is 4.31 Å². The summed E-state index contributed by atoms with van der Waals surface area (Å²) in [6, 6.07) is 8.36. The van der Waals surface area contributed by atoms with Crippen LogP contribution in [0.15, 0.2) is 36.4 Å². The van der Waals surface area contributed by atoms with E-state index in [0.29, 0.717) is 27.7 Å². The van der Waals surface area contributed by atoms with E-state index in [2.05, 4.69) is 0 Å². The molecule has 2 unspecified atom stereocenters. The third-order valence-electron chi connectivity index (χ3n) is 6.29. The van der Waals surface area contributed by atoms with Crippen molar-refractivity contribution in [2.75, 3.05) is 12.8 Å². The van der Waals surface area contributed by atoms with Crippen molar-refractivity contribution in [2.45, 2.75) is 44.9 Å². The molecule has 1 N–H and O–H groups in total. The van der Waals surface area contributed by atoms with E-state index in [1.54, 1.807) is 16.7 Å². The first-order chi connectivity index (χ1) is 14.1. The minimum absolute atomic E-state index is 0.0277. The van der Waals surface area contributed by atoms with Crippen molar-refractivity contribution in [3.8, 4) is 0 Å². The van der Waals surface area contributed by atoms with Gasteiger partial charge in [-0.3, -0.25) is 0 Å². The number of fused-ring (bicyclic) bond motifs is 3. The second-order valence-corrected chi connectivity index (χ2v) is 10.3. The van der Waals surface area contributed by atoms with Crippen molar-refractivity contribution in [3.63, 3.8) is 0 Å². The third kappa shape index (κ3) is 3.96. The topological polar surface area (TPSA) is 62.5 Å². The lowest BCUT2D eigenvalue weighted by Crippen LogP contribution is -2.48. The van der Waals surface area contributed by atoms with Gasteiger partial charge in [0.15, 0.2) is 0 Å². The Morgan fingerprint density at radius 2 is 1.63 bits per heavy atom. The van der Waals surface area contributed by atoms with Crippen LogP contribution < -0.4 is 0 Å². The van der Waals surface area contributed by atoms with Crippen LogP contribution in [0.2, 0.25) is 0 Å². The van der Waals surface area contributed by atoms with E-state index in [9.17, 15) is 22.3 Å². The molecular weight excluding hydrogens is 410 g/mol. The van der Waals surface area contributed by atoms with Crippen molar-refractivity contribution < 1.29 is 22.3 Å². The normalized spacial score (nSPS) is 17.5. The van der Waals surface area contributed by atoms with Crippen LogP contribution in [-0.4, -0.2) is 47.3 Å². The fourth-order valence-electron chi connectivity index (χ4n) is 4.48. The monoisotopic (exact) mass is 436 g/mol. The summed E-state index contributed by atoms with van der Waals surface area (Å²) < 4.78 is 55.6. The number of aromatic nitrogens is 1. The molecular formula is C22H26F2N2O3S. The smallest absolute Gasteiger partial charge is 0.211 e. The molecule has 1 saturated carbocycles. The third-order valence-corrected chi connectivity index (χ3v) is 7.62. The summed E-state index contributed by atoms with van der Waals surface area (Å²) in [5.41, 5.74) is 1.32. The van der Waals surface area contributed by atoms with E-state index in [-0.39, 0.29) is 19.1 Å². The van der Waals surface area contributed by atoms with Crippen LogP contribution in [0, 0.1) is 17.6 Å². The van der Waals surface area contributed by atoms with Crippen LogP contribution in [-0.2, 0) is 16.6 Å². The van der Waals surface area contributed by atoms with Crippen LogP contribution in [0.3, 0.4) is 0 Å². The van der Waals surface area contributed by atoms with E-state index in [1.165, 1.54) is 34.8 Å². The molecule has 1 heterocycles. The number of halogens is 2. The molecule has 3 aromatic rings. The molecule has 4 rings (SSSR count). The number of aliphatic hydroxyl groups excluding tert-OH is 1. The highest BCUT2D eigenvalue weighted by Gasteiger charge is 2.34. The van der Waals surface area contributed by atoms with E-state index in [1.807, 2.05) is 6.92 Å². The zero-order valence-electron chi connectivity index (χ0n) is 17.1. The van der Waals surface area contributed by atoms with Gasteiger partial charge in [0.05, 0.1) is 18.9 Å². The number of rotatable bonds is 7. The SMILES string of the molecule is CC(C1CCC1)N(CC(O)Cn1c2ccc(F)cc2c2cc(F)ccc21)S(C)(=O)=O. The molecule has 1 aromatic heterocycles. The Morgan fingerprint density at radius 3 is 2.07 bits per heavy atom. The molecule has 2 atom stereocenters. The van der Waals surface area contributed by atoms with Gasteiger partial charge in [0, 0.05) is 34.4 Å². The minimum atomic E-state index is -3.49. The molecule has 0 bridgehead atoms. The zero-order valence-corrected chi connectivity index (χ0v) is 17.9. The first kappa shape index (κ1) is 21.2. The highest BCUT2D eigenvalue weighted by Crippen LogP contribution is 2.34. The molecule has 8 heteroatoms. The minimum Gasteiger partial charge on any atom is -0.390 e. The number of nitrogens with zero attached hydrogens (tertiary/aromatic N) is 2. The molecule has 5 nitrogen and oxygen atoms in total. The Balaban J connectivity index is 1.67. The summed E-state index contributed by atoms with van der Waals surface area (Å²) >= 11 is 0. The van der Waals surface area contributed by atoms with Crippen LogP contribution in [0.5, 0.6) is 0 Å². The first-order valence-electron chi connectivity index (χ1n) is 10.2. The van der Waals surface area contributed by atoms with Gasteiger partial charge >= 0.3 is 0 Å². The summed E-state index contributed by atoms with van der Waals surface area (Å²) in [6.07, 6.45) is 3.28. The molecule has 0 aliphatic heterocycles. The first-order valence-corrected chi connectivity index (χ1v) is 12.0. The van der Waals surface area contributed by atoms with E-state index in [4.69, 9.17) is 0 Å². The van der Waals surface area contributed by atoms with E-state index < -0.39 is 27.8 Å². The predicted molar refractivity (Wildman–Crippen MR) is 114 cm³/mol. The Hall–Kier alpha value is -2.03. The second-order valence-electron chi connectivity index (χ2n) is 8.35. The van der Waals surface area contributed by atoms with Crippen molar-refractivity contribution in [1.82, 2.24) is 8.87 Å². The molecule has 0 radical (unpaired) electrons. The molecule has 162 valence electrons. The Morgan fingerprint density at radius 1 is 1.10 bits per heavy atom. The summed E-state index contributed by atoms with van der Waals surface area (Å²) in [5.74, 6) is -0.543. The number of aliphatic hydroxyl groups is 1. The average molecular weight is 437 g/mol. The summed E-state index contributed by atoms with van der Waals surface area (Å²) in [5, 5.41) is 11.9. The lowest BCUT2D eigenvalue weighted by atomic mass is 9.80. The second kappa shape index (κ2) is 7.90. The van der Waals surface area contributed by atoms with Gasteiger partial charge in [-0.05, 0) is 62.1 Å². The van der Waals surface area contributed by atoms with E-state index >= 15 is 0 Å². The van der Waals surface area contributed by atoms with Gasteiger partial charge in [-0.1, -0.05) is 6.42 Å². The standard InChI is InChI=1S/C22H26F2N2O3S/c1-14(15-4-3-5-15)26(30(2,28)29)13-18(27)12-25-21-8-6-16(23)10-19(21)20-11-17(24)7-9-22(20)25/h6-11,14-15,18,27H,3-5,12-13H2,1-2H3. The quantitative estimate of drug-likeness (QED) is 0.611.